The van der Waals surface area contributed by atoms with E-state index in [0.29, 0.717) is 22.3 Å². The highest BCUT2D eigenvalue weighted by Gasteiger charge is 2.57. The minimum absolute atomic E-state index is 0.00289. The second-order valence-corrected chi connectivity index (χ2v) is 16.9. The lowest BCUT2D eigenvalue weighted by molar-refractivity contribution is -0.151. The predicted molar refractivity (Wildman–Crippen MR) is 200 cm³/mol. The largest absolute Gasteiger partial charge is 0.465 e. The fraction of sp³-hybridized carbons (Fsp3) is 0.600. The summed E-state index contributed by atoms with van der Waals surface area (Å²) in [4.78, 5) is 57.8. The van der Waals surface area contributed by atoms with Crippen molar-refractivity contribution in [1.82, 2.24) is 0 Å². The molecule has 4 unspecified atom stereocenters. The van der Waals surface area contributed by atoms with Crippen LogP contribution in [-0.2, 0) is 23.6 Å². The molecule has 0 radical (unpaired) electrons. The van der Waals surface area contributed by atoms with Gasteiger partial charge in [-0.05, 0) is 88.5 Å². The van der Waals surface area contributed by atoms with Crippen LogP contribution in [0.15, 0.2) is 24.3 Å². The van der Waals surface area contributed by atoms with Gasteiger partial charge in [-0.25, -0.2) is 0 Å². The minimum atomic E-state index is -5.11. The Morgan fingerprint density at radius 1 is 0.633 bits per heavy atom. The number of carbonyl (C=O) groups excluding carboxylic acids is 4. The number of halogens is 1. The molecule has 7 nitrogen and oxygen atoms in total. The molecule has 0 bridgehead atoms. The molecule has 0 amide bonds. The quantitative estimate of drug-likeness (QED) is 0.0763. The molecule has 49 heavy (non-hydrogen) atoms. The standard InChI is InChI=1S/C40H58ClO7P/c1-11-15-17-31(13-3)23-47-37(42)35(41)36(38(43)48-24-32(14-4)18-16-12-2)49(46,39(44)33-27(7)19-25(5)20-28(33)8)40(45)34-29(9)21-26(6)22-30(34)10/h19-22,31-32,35-36H,11-18,23-24H2,1-10H3. The van der Waals surface area contributed by atoms with Gasteiger partial charge in [0.05, 0.1) is 13.2 Å². The molecule has 0 spiro atoms. The third-order valence-corrected chi connectivity index (χ3v) is 13.1. The first-order valence-corrected chi connectivity index (χ1v) is 20.1. The number of unbranched alkanes of at least 4 members (excludes halogenated alkanes) is 2. The molecule has 2 aromatic carbocycles. The molecule has 2 rings (SSSR count). The van der Waals surface area contributed by atoms with E-state index in [9.17, 15) is 19.2 Å². The number of carbonyl (C=O) groups is 4. The van der Waals surface area contributed by atoms with E-state index in [1.54, 1.807) is 52.0 Å². The molecular formula is C40H58ClO7P. The van der Waals surface area contributed by atoms with Crippen molar-refractivity contribution in [3.05, 3.63) is 68.8 Å². The molecule has 0 heterocycles. The molecule has 0 aliphatic heterocycles. The van der Waals surface area contributed by atoms with Crippen molar-refractivity contribution in [1.29, 1.82) is 0 Å². The number of hydrogen-bond acceptors (Lipinski definition) is 7. The van der Waals surface area contributed by atoms with Gasteiger partial charge in [0.1, 0.15) is 0 Å². The van der Waals surface area contributed by atoms with Crippen LogP contribution in [0.2, 0.25) is 0 Å². The van der Waals surface area contributed by atoms with Crippen molar-refractivity contribution in [2.45, 2.75) is 132 Å². The van der Waals surface area contributed by atoms with Crippen LogP contribution >= 0.6 is 18.7 Å². The van der Waals surface area contributed by atoms with Gasteiger partial charge in [0.25, 0.3) is 0 Å². The maximum atomic E-state index is 15.8. The van der Waals surface area contributed by atoms with Crippen molar-refractivity contribution in [3.8, 4) is 0 Å². The predicted octanol–water partition coefficient (Wildman–Crippen LogP) is 10.4. The molecule has 4 atom stereocenters. The number of rotatable bonds is 20. The van der Waals surface area contributed by atoms with E-state index in [1.165, 1.54) is 0 Å². The zero-order valence-electron chi connectivity index (χ0n) is 31.4. The van der Waals surface area contributed by atoms with Gasteiger partial charge >= 0.3 is 11.9 Å². The third kappa shape index (κ3) is 10.6. The smallest absolute Gasteiger partial charge is 0.325 e. The number of esters is 2. The van der Waals surface area contributed by atoms with Crippen LogP contribution in [-0.4, -0.2) is 47.2 Å². The van der Waals surface area contributed by atoms with Crippen LogP contribution in [0.5, 0.6) is 0 Å². The highest BCUT2D eigenvalue weighted by Crippen LogP contribution is 2.60. The first-order chi connectivity index (χ1) is 23.1. The SMILES string of the molecule is CCCCC(CC)COC(=O)C(Cl)C(C(=O)OCC(CC)CCCC)P(=O)(C(=O)c1c(C)cc(C)cc1C)C(=O)c1c(C)cc(C)cc1C. The molecule has 0 aliphatic carbocycles. The summed E-state index contributed by atoms with van der Waals surface area (Å²) in [7, 11) is -5.11. The first kappa shape index (κ1) is 42.4. The number of alkyl halides is 1. The Balaban J connectivity index is 2.84. The van der Waals surface area contributed by atoms with E-state index in [1.807, 2.05) is 27.7 Å². The monoisotopic (exact) mass is 716 g/mol. The van der Waals surface area contributed by atoms with Crippen LogP contribution in [0.1, 0.15) is 133 Å². The van der Waals surface area contributed by atoms with Gasteiger partial charge in [-0.2, -0.15) is 0 Å². The van der Waals surface area contributed by atoms with E-state index >= 15 is 4.57 Å². The van der Waals surface area contributed by atoms with E-state index in [2.05, 4.69) is 13.8 Å². The van der Waals surface area contributed by atoms with Crippen molar-refractivity contribution in [3.63, 3.8) is 0 Å². The van der Waals surface area contributed by atoms with Crippen LogP contribution in [0.4, 0.5) is 0 Å². The van der Waals surface area contributed by atoms with Crippen molar-refractivity contribution in [2.24, 2.45) is 11.8 Å². The summed E-state index contributed by atoms with van der Waals surface area (Å²) >= 11 is 6.86. The Morgan fingerprint density at radius 3 is 1.31 bits per heavy atom. The lowest BCUT2D eigenvalue weighted by atomic mass is 10.0. The van der Waals surface area contributed by atoms with E-state index in [0.717, 1.165) is 62.5 Å². The second kappa shape index (κ2) is 19.6. The number of aryl methyl sites for hydroxylation is 6. The molecule has 0 saturated carbocycles. The molecule has 0 saturated heterocycles. The van der Waals surface area contributed by atoms with Gasteiger partial charge in [-0.1, -0.05) is 102 Å². The molecule has 0 fully saturated rings. The minimum Gasteiger partial charge on any atom is -0.465 e. The van der Waals surface area contributed by atoms with Gasteiger partial charge in [-0.3, -0.25) is 19.2 Å². The lowest BCUT2D eigenvalue weighted by Crippen LogP contribution is -2.42. The average Bonchev–Trinajstić information content (AvgIpc) is 3.03. The molecule has 2 aromatic rings. The Morgan fingerprint density at radius 2 is 0.980 bits per heavy atom. The fourth-order valence-corrected chi connectivity index (χ4v) is 10.2. The van der Waals surface area contributed by atoms with E-state index < -0.39 is 41.2 Å². The molecule has 9 heteroatoms. The summed E-state index contributed by atoms with van der Waals surface area (Å²) in [5, 5.41) is -1.91. The Bertz CT molecular complexity index is 1410. The lowest BCUT2D eigenvalue weighted by Gasteiger charge is -2.29. The maximum Gasteiger partial charge on any atom is 0.325 e. The van der Waals surface area contributed by atoms with Crippen LogP contribution in [0.25, 0.3) is 0 Å². The average molecular weight is 717 g/mol. The Labute approximate surface area is 299 Å². The van der Waals surface area contributed by atoms with Gasteiger partial charge < -0.3 is 14.0 Å². The summed E-state index contributed by atoms with van der Waals surface area (Å²) in [5.41, 5.74) is -0.234. The highest BCUT2D eigenvalue weighted by molar-refractivity contribution is 7.96. The summed E-state index contributed by atoms with van der Waals surface area (Å²) in [6, 6.07) is 7.05. The summed E-state index contributed by atoms with van der Waals surface area (Å²) < 4.78 is 27.3. The number of benzene rings is 2. The van der Waals surface area contributed by atoms with Crippen molar-refractivity contribution in [2.75, 3.05) is 13.2 Å². The van der Waals surface area contributed by atoms with E-state index in [-0.39, 0.29) is 36.2 Å². The van der Waals surface area contributed by atoms with Gasteiger partial charge in [0, 0.05) is 11.1 Å². The molecule has 272 valence electrons. The highest BCUT2D eigenvalue weighted by atomic mass is 35.5. The van der Waals surface area contributed by atoms with Gasteiger partial charge in [-0.15, -0.1) is 11.6 Å². The van der Waals surface area contributed by atoms with Gasteiger partial charge in [0.2, 0.25) is 18.2 Å². The zero-order chi connectivity index (χ0) is 37.1. The normalized spacial score (nSPS) is 14.1. The number of ether oxygens (including phenoxy) is 2. The van der Waals surface area contributed by atoms with Gasteiger partial charge in [0.15, 0.2) is 11.0 Å². The number of hydrogen-bond donors (Lipinski definition) is 0. The first-order valence-electron chi connectivity index (χ1n) is 17.9. The molecule has 0 aromatic heterocycles. The Kier molecular flexibility index (Phi) is 16.9. The second-order valence-electron chi connectivity index (χ2n) is 13.8. The summed E-state index contributed by atoms with van der Waals surface area (Å²) in [5.74, 6) is -2.05. The van der Waals surface area contributed by atoms with Crippen LogP contribution < -0.4 is 0 Å². The zero-order valence-corrected chi connectivity index (χ0v) is 33.0. The Hall–Kier alpha value is -2.76. The third-order valence-electron chi connectivity index (χ3n) is 9.53. The summed E-state index contributed by atoms with van der Waals surface area (Å²) in [6.07, 6.45) is 6.94. The van der Waals surface area contributed by atoms with Crippen molar-refractivity contribution >= 4 is 41.7 Å². The fourth-order valence-electron chi connectivity index (χ4n) is 6.65. The topological polar surface area (TPSA) is 104 Å². The molecule has 0 aliphatic rings. The van der Waals surface area contributed by atoms with Crippen LogP contribution in [0.3, 0.4) is 0 Å². The van der Waals surface area contributed by atoms with Crippen molar-refractivity contribution < 1.29 is 33.2 Å². The summed E-state index contributed by atoms with van der Waals surface area (Å²) in [6.45, 7) is 18.7. The molecular weight excluding hydrogens is 659 g/mol. The van der Waals surface area contributed by atoms with E-state index in [4.69, 9.17) is 21.1 Å². The maximum absolute atomic E-state index is 15.8. The van der Waals surface area contributed by atoms with Crippen LogP contribution in [0, 0.1) is 53.4 Å². The molecule has 0 N–H and O–H groups in total.